The predicted molar refractivity (Wildman–Crippen MR) is 92.3 cm³/mol. The van der Waals surface area contributed by atoms with Crippen LogP contribution < -0.4 is 10.1 Å². The molecular weight excluding hydrogens is 335 g/mol. The van der Waals surface area contributed by atoms with Crippen LogP contribution in [-0.4, -0.2) is 42.1 Å². The molecule has 2 aliphatic rings. The van der Waals surface area contributed by atoms with Crippen LogP contribution in [0.4, 0.5) is 0 Å². The highest BCUT2D eigenvalue weighted by atomic mass is 35.5. The first-order chi connectivity index (χ1) is 11.1. The fourth-order valence-corrected chi connectivity index (χ4v) is 3.87. The number of ether oxygens (including phenoxy) is 1. The van der Waals surface area contributed by atoms with Gasteiger partial charge >= 0.3 is 0 Å². The molecule has 0 radical (unpaired) electrons. The molecule has 0 bridgehead atoms. The van der Waals surface area contributed by atoms with E-state index in [0.29, 0.717) is 21.8 Å². The van der Waals surface area contributed by atoms with Crippen LogP contribution in [-0.2, 0) is 4.79 Å². The molecule has 0 unspecified atom stereocenters. The normalized spacial score (nSPS) is 25.7. The van der Waals surface area contributed by atoms with Crippen molar-refractivity contribution in [3.05, 3.63) is 28.2 Å². The molecule has 0 spiro atoms. The van der Waals surface area contributed by atoms with Gasteiger partial charge in [0.15, 0.2) is 6.10 Å². The summed E-state index contributed by atoms with van der Waals surface area (Å²) in [7, 11) is 0. The Kier molecular flexibility index (Phi) is 5.34. The van der Waals surface area contributed by atoms with Crippen molar-refractivity contribution in [2.24, 2.45) is 0 Å². The molecule has 3 rings (SSSR count). The molecular formula is C17H22Cl2N2O2. The van der Waals surface area contributed by atoms with E-state index in [2.05, 4.69) is 10.2 Å². The van der Waals surface area contributed by atoms with Crippen LogP contribution in [0, 0.1) is 0 Å². The van der Waals surface area contributed by atoms with Crippen LogP contribution in [0.1, 0.15) is 32.6 Å². The van der Waals surface area contributed by atoms with Gasteiger partial charge in [-0.15, -0.1) is 0 Å². The van der Waals surface area contributed by atoms with Gasteiger partial charge < -0.3 is 10.1 Å². The fraction of sp³-hybridized carbons (Fsp3) is 0.588. The minimum absolute atomic E-state index is 0.0986. The van der Waals surface area contributed by atoms with Crippen molar-refractivity contribution in [3.8, 4) is 5.75 Å². The summed E-state index contributed by atoms with van der Waals surface area (Å²) in [6.07, 6.45) is 4.09. The third-order valence-electron chi connectivity index (χ3n) is 4.77. The van der Waals surface area contributed by atoms with E-state index in [-0.39, 0.29) is 11.9 Å². The Bertz CT molecular complexity index is 582. The number of piperidine rings is 1. The summed E-state index contributed by atoms with van der Waals surface area (Å²) in [5.41, 5.74) is 0. The third kappa shape index (κ3) is 3.76. The van der Waals surface area contributed by atoms with E-state index in [0.717, 1.165) is 19.5 Å². The molecule has 4 nitrogen and oxygen atoms in total. The van der Waals surface area contributed by atoms with Gasteiger partial charge in [-0.25, -0.2) is 0 Å². The van der Waals surface area contributed by atoms with Crippen LogP contribution in [0.5, 0.6) is 5.75 Å². The Balaban J connectivity index is 1.58. The monoisotopic (exact) mass is 356 g/mol. The topological polar surface area (TPSA) is 41.6 Å². The smallest absolute Gasteiger partial charge is 0.261 e. The highest BCUT2D eigenvalue weighted by Gasteiger charge is 2.36. The molecule has 126 valence electrons. The molecule has 1 N–H and O–H groups in total. The molecule has 2 aliphatic heterocycles. The Hall–Kier alpha value is -0.970. The lowest BCUT2D eigenvalue weighted by Crippen LogP contribution is -2.49. The number of hydrogen-bond donors (Lipinski definition) is 1. The number of amides is 1. The maximum absolute atomic E-state index is 12.4. The van der Waals surface area contributed by atoms with Crippen LogP contribution in [0.3, 0.4) is 0 Å². The minimum Gasteiger partial charge on any atom is -0.479 e. The molecule has 0 aliphatic carbocycles. The van der Waals surface area contributed by atoms with Crippen molar-refractivity contribution in [1.29, 1.82) is 0 Å². The number of benzene rings is 1. The zero-order chi connectivity index (χ0) is 16.4. The van der Waals surface area contributed by atoms with Crippen molar-refractivity contribution in [2.75, 3.05) is 13.1 Å². The Morgan fingerprint density at radius 2 is 2.13 bits per heavy atom. The molecule has 1 amide bonds. The van der Waals surface area contributed by atoms with Crippen LogP contribution in [0.25, 0.3) is 0 Å². The van der Waals surface area contributed by atoms with Crippen molar-refractivity contribution >= 4 is 29.1 Å². The zero-order valence-corrected chi connectivity index (χ0v) is 14.7. The summed E-state index contributed by atoms with van der Waals surface area (Å²) >= 11 is 12.1. The number of hydrogen-bond acceptors (Lipinski definition) is 3. The van der Waals surface area contributed by atoms with Crippen molar-refractivity contribution in [1.82, 2.24) is 10.2 Å². The third-order valence-corrected chi connectivity index (χ3v) is 5.57. The lowest BCUT2D eigenvalue weighted by atomic mass is 9.99. The molecule has 23 heavy (non-hydrogen) atoms. The summed E-state index contributed by atoms with van der Waals surface area (Å²) in [5.74, 6) is 0.339. The van der Waals surface area contributed by atoms with Crippen LogP contribution in [0.15, 0.2) is 18.2 Å². The van der Waals surface area contributed by atoms with Crippen molar-refractivity contribution in [3.63, 3.8) is 0 Å². The Morgan fingerprint density at radius 1 is 1.30 bits per heavy atom. The second-order valence-electron chi connectivity index (χ2n) is 6.31. The Labute approximate surface area is 147 Å². The zero-order valence-electron chi connectivity index (χ0n) is 13.2. The Morgan fingerprint density at radius 3 is 2.96 bits per heavy atom. The largest absolute Gasteiger partial charge is 0.479 e. The van der Waals surface area contributed by atoms with Crippen LogP contribution in [0.2, 0.25) is 10.0 Å². The first-order valence-corrected chi connectivity index (χ1v) is 8.97. The number of rotatable bonds is 4. The van der Waals surface area contributed by atoms with Gasteiger partial charge in [-0.2, -0.15) is 0 Å². The van der Waals surface area contributed by atoms with Gasteiger partial charge in [-0.1, -0.05) is 35.7 Å². The molecule has 6 heteroatoms. The van der Waals surface area contributed by atoms with Crippen molar-refractivity contribution in [2.45, 2.75) is 50.8 Å². The average Bonchev–Trinajstić information content (AvgIpc) is 2.95. The van der Waals surface area contributed by atoms with E-state index >= 15 is 0 Å². The van der Waals surface area contributed by atoms with E-state index in [1.165, 1.54) is 19.3 Å². The molecule has 2 fully saturated rings. The first kappa shape index (κ1) is 16.9. The van der Waals surface area contributed by atoms with E-state index in [4.69, 9.17) is 27.9 Å². The summed E-state index contributed by atoms with van der Waals surface area (Å²) in [6, 6.07) is 5.87. The summed E-state index contributed by atoms with van der Waals surface area (Å²) < 4.78 is 5.69. The van der Waals surface area contributed by atoms with E-state index < -0.39 is 6.10 Å². The van der Waals surface area contributed by atoms with Gasteiger partial charge in [0.05, 0.1) is 5.02 Å². The standard InChI is InChI=1S/C17H22Cl2N2O2/c1-11(23-15-7-4-5-12(18)16(15)19)17(22)20-13-8-10-21-9-3-2-6-14(13)21/h4-5,7,11,13-14H,2-3,6,8-10H2,1H3,(H,20,22)/t11-,13+,14-/m0/s1. The average molecular weight is 357 g/mol. The van der Waals surface area contributed by atoms with Gasteiger partial charge in [0, 0.05) is 18.6 Å². The van der Waals surface area contributed by atoms with Gasteiger partial charge in [0.2, 0.25) is 0 Å². The highest BCUT2D eigenvalue weighted by molar-refractivity contribution is 6.42. The van der Waals surface area contributed by atoms with E-state index in [9.17, 15) is 4.79 Å². The summed E-state index contributed by atoms with van der Waals surface area (Å²) in [6.45, 7) is 3.96. The van der Waals surface area contributed by atoms with Gasteiger partial charge in [0.25, 0.3) is 5.91 Å². The number of carbonyl (C=O) groups is 1. The highest BCUT2D eigenvalue weighted by Crippen LogP contribution is 2.32. The molecule has 1 aromatic rings. The first-order valence-electron chi connectivity index (χ1n) is 8.21. The lowest BCUT2D eigenvalue weighted by molar-refractivity contribution is -0.128. The quantitative estimate of drug-likeness (QED) is 0.897. The summed E-state index contributed by atoms with van der Waals surface area (Å²) in [5, 5.41) is 3.91. The maximum atomic E-state index is 12.4. The molecule has 2 saturated heterocycles. The molecule has 0 aromatic heterocycles. The fourth-order valence-electron chi connectivity index (χ4n) is 3.53. The van der Waals surface area contributed by atoms with E-state index in [1.807, 2.05) is 0 Å². The predicted octanol–water partition coefficient (Wildman–Crippen LogP) is 3.50. The lowest BCUT2D eigenvalue weighted by Gasteiger charge is -2.32. The number of carbonyl (C=O) groups excluding carboxylic acids is 1. The summed E-state index contributed by atoms with van der Waals surface area (Å²) in [4.78, 5) is 14.9. The van der Waals surface area contributed by atoms with Gasteiger partial charge in [-0.05, 0) is 44.9 Å². The van der Waals surface area contributed by atoms with E-state index in [1.54, 1.807) is 25.1 Å². The van der Waals surface area contributed by atoms with Crippen molar-refractivity contribution < 1.29 is 9.53 Å². The van der Waals surface area contributed by atoms with Gasteiger partial charge in [0.1, 0.15) is 10.8 Å². The second kappa shape index (κ2) is 7.29. The van der Waals surface area contributed by atoms with Crippen LogP contribution >= 0.6 is 23.2 Å². The maximum Gasteiger partial charge on any atom is 0.261 e. The second-order valence-corrected chi connectivity index (χ2v) is 7.10. The molecule has 2 heterocycles. The minimum atomic E-state index is -0.608. The number of fused-ring (bicyclic) bond motifs is 1. The SMILES string of the molecule is C[C@H](Oc1cccc(Cl)c1Cl)C(=O)N[C@@H]1CCN2CCCC[C@@H]12. The number of nitrogens with one attached hydrogen (secondary N) is 1. The van der Waals surface area contributed by atoms with Gasteiger partial charge in [-0.3, -0.25) is 9.69 Å². The number of nitrogens with zero attached hydrogens (tertiary/aromatic N) is 1. The number of halogens is 2. The molecule has 3 atom stereocenters. The molecule has 0 saturated carbocycles. The molecule has 1 aromatic carbocycles.